The fourth-order valence-electron chi connectivity index (χ4n) is 3.16. The highest BCUT2D eigenvalue weighted by molar-refractivity contribution is 7.17. The second kappa shape index (κ2) is 8.15. The third kappa shape index (κ3) is 3.94. The van der Waals surface area contributed by atoms with Crippen molar-refractivity contribution in [2.45, 2.75) is 18.6 Å². The molecule has 0 radical (unpaired) electrons. The molecule has 3 heterocycles. The molecular formula is C18H15ClF2N4O4S. The molecule has 158 valence electrons. The summed E-state index contributed by atoms with van der Waals surface area (Å²) in [5, 5.41) is 5.47. The van der Waals surface area contributed by atoms with Crippen molar-refractivity contribution in [3.63, 3.8) is 0 Å². The van der Waals surface area contributed by atoms with Gasteiger partial charge in [-0.05, 0) is 17.7 Å². The van der Waals surface area contributed by atoms with Gasteiger partial charge in [0.2, 0.25) is 0 Å². The van der Waals surface area contributed by atoms with Gasteiger partial charge >= 0.3 is 12.0 Å². The normalized spacial score (nSPS) is 18.5. The molecule has 2 aromatic rings. The Hall–Kier alpha value is -2.79. The molecule has 0 aliphatic carbocycles. The van der Waals surface area contributed by atoms with Crippen LogP contribution in [0, 0.1) is 11.6 Å². The van der Waals surface area contributed by atoms with E-state index in [0.717, 1.165) is 17.4 Å². The van der Waals surface area contributed by atoms with Crippen LogP contribution in [0.3, 0.4) is 0 Å². The highest BCUT2D eigenvalue weighted by Gasteiger charge is 2.39. The van der Waals surface area contributed by atoms with Crippen LogP contribution in [0.5, 0.6) is 5.19 Å². The van der Waals surface area contributed by atoms with Crippen molar-refractivity contribution in [2.24, 2.45) is 5.10 Å². The number of thiazole rings is 1. The maximum absolute atomic E-state index is 13.6. The zero-order valence-electron chi connectivity index (χ0n) is 15.5. The number of likely N-dealkylation sites (tertiary alicyclic amines) is 1. The summed E-state index contributed by atoms with van der Waals surface area (Å²) in [6.07, 6.45) is 1.56. The van der Waals surface area contributed by atoms with Gasteiger partial charge in [0.25, 0.3) is 5.19 Å². The highest BCUT2D eigenvalue weighted by atomic mass is 35.5. The Balaban J connectivity index is 1.37. The monoisotopic (exact) mass is 456 g/mol. The molecule has 1 fully saturated rings. The fraction of sp³-hybridized carbons (Fsp3) is 0.333. The van der Waals surface area contributed by atoms with Crippen LogP contribution in [0.4, 0.5) is 13.6 Å². The van der Waals surface area contributed by atoms with E-state index in [1.807, 2.05) is 0 Å². The first-order chi connectivity index (χ1) is 14.4. The number of benzene rings is 1. The summed E-state index contributed by atoms with van der Waals surface area (Å²) in [7, 11) is 1.22. The van der Waals surface area contributed by atoms with Crippen LogP contribution >= 0.6 is 22.9 Å². The lowest BCUT2D eigenvalue weighted by atomic mass is 10.0. The van der Waals surface area contributed by atoms with Gasteiger partial charge in [0.15, 0.2) is 5.69 Å². The lowest BCUT2D eigenvalue weighted by Gasteiger charge is -2.40. The van der Waals surface area contributed by atoms with Crippen LogP contribution in [0.25, 0.3) is 0 Å². The van der Waals surface area contributed by atoms with Gasteiger partial charge < -0.3 is 14.4 Å². The Morgan fingerprint density at radius 2 is 1.93 bits per heavy atom. The van der Waals surface area contributed by atoms with E-state index >= 15 is 0 Å². The molecule has 2 amide bonds. The van der Waals surface area contributed by atoms with E-state index in [1.54, 1.807) is 0 Å². The molecule has 0 unspecified atom stereocenters. The van der Waals surface area contributed by atoms with Crippen molar-refractivity contribution >= 4 is 41.2 Å². The molecule has 4 rings (SSSR count). The molecule has 1 atom stereocenters. The summed E-state index contributed by atoms with van der Waals surface area (Å²) in [5.41, 5.74) is 0.308. The minimum Gasteiger partial charge on any atom is -0.464 e. The largest absolute Gasteiger partial charge is 0.464 e. The Morgan fingerprint density at radius 1 is 1.23 bits per heavy atom. The number of nitrogens with zero attached hydrogens (tertiary/aromatic N) is 4. The number of hydrogen-bond donors (Lipinski definition) is 0. The number of hydrogen-bond acceptors (Lipinski definition) is 7. The van der Waals surface area contributed by atoms with Crippen LogP contribution in [0.2, 0.25) is 4.34 Å². The van der Waals surface area contributed by atoms with E-state index in [0.29, 0.717) is 12.0 Å². The minimum atomic E-state index is -0.713. The van der Waals surface area contributed by atoms with E-state index in [9.17, 15) is 18.4 Å². The third-order valence-electron chi connectivity index (χ3n) is 4.63. The predicted octanol–water partition coefficient (Wildman–Crippen LogP) is 3.48. The first-order valence-electron chi connectivity index (χ1n) is 8.83. The Morgan fingerprint density at radius 3 is 2.60 bits per heavy atom. The smallest absolute Gasteiger partial charge is 0.359 e. The molecule has 2 aliphatic heterocycles. The van der Waals surface area contributed by atoms with Crippen LogP contribution < -0.4 is 4.74 Å². The predicted molar refractivity (Wildman–Crippen MR) is 104 cm³/mol. The van der Waals surface area contributed by atoms with Gasteiger partial charge in [-0.1, -0.05) is 22.9 Å². The van der Waals surface area contributed by atoms with E-state index in [-0.39, 0.29) is 34.4 Å². The number of halogens is 3. The van der Waals surface area contributed by atoms with Gasteiger partial charge in [0, 0.05) is 18.7 Å². The number of carbonyl (C=O) groups excluding carboxylic acids is 2. The second-order valence-electron chi connectivity index (χ2n) is 6.62. The van der Waals surface area contributed by atoms with Crippen LogP contribution in [-0.4, -0.2) is 59.4 Å². The Kier molecular flexibility index (Phi) is 5.56. The number of amides is 2. The van der Waals surface area contributed by atoms with Gasteiger partial charge in [-0.3, -0.25) is 0 Å². The van der Waals surface area contributed by atoms with E-state index in [2.05, 4.69) is 14.8 Å². The summed E-state index contributed by atoms with van der Waals surface area (Å²) < 4.78 is 37.5. The zero-order valence-corrected chi connectivity index (χ0v) is 17.1. The number of rotatable bonds is 4. The molecule has 1 saturated heterocycles. The molecule has 1 aromatic heterocycles. The number of aromatic nitrogens is 1. The number of hydrazone groups is 1. The Bertz CT molecular complexity index is 1010. The van der Waals surface area contributed by atoms with Gasteiger partial charge in [-0.2, -0.15) is 10.1 Å². The molecule has 0 bridgehead atoms. The highest BCUT2D eigenvalue weighted by Crippen LogP contribution is 2.34. The molecule has 2 aliphatic rings. The van der Waals surface area contributed by atoms with Gasteiger partial charge in [-0.15, -0.1) is 0 Å². The molecule has 0 saturated carbocycles. The van der Waals surface area contributed by atoms with Crippen LogP contribution in [-0.2, 0) is 4.74 Å². The maximum atomic E-state index is 13.6. The molecule has 0 spiro atoms. The Labute approximate surface area is 178 Å². The molecule has 1 aromatic carbocycles. The van der Waals surface area contributed by atoms with Crippen LogP contribution in [0.15, 0.2) is 23.3 Å². The zero-order chi connectivity index (χ0) is 21.4. The number of methoxy groups -OCH3 is 1. The quantitative estimate of drug-likeness (QED) is 0.658. The number of urea groups is 1. The topological polar surface area (TPSA) is 84.3 Å². The van der Waals surface area contributed by atoms with Crippen molar-refractivity contribution < 1.29 is 27.8 Å². The van der Waals surface area contributed by atoms with Crippen molar-refractivity contribution in [3.05, 3.63) is 45.4 Å². The summed E-state index contributed by atoms with van der Waals surface area (Å²) in [5.74, 6) is -2.09. The van der Waals surface area contributed by atoms with E-state index < -0.39 is 29.7 Å². The molecule has 0 N–H and O–H groups in total. The average molecular weight is 457 g/mol. The van der Waals surface area contributed by atoms with Gasteiger partial charge in [-0.25, -0.2) is 23.4 Å². The van der Waals surface area contributed by atoms with E-state index in [4.69, 9.17) is 16.3 Å². The van der Waals surface area contributed by atoms with Crippen LogP contribution in [0.1, 0.15) is 28.5 Å². The van der Waals surface area contributed by atoms with Crippen molar-refractivity contribution in [2.75, 3.05) is 20.2 Å². The third-order valence-corrected chi connectivity index (χ3v) is 5.77. The fourth-order valence-corrected chi connectivity index (χ4v) is 4.17. The summed E-state index contributed by atoms with van der Waals surface area (Å²) in [6.45, 7) is 0.527. The first kappa shape index (κ1) is 20.5. The molecule has 12 heteroatoms. The maximum Gasteiger partial charge on any atom is 0.359 e. The van der Waals surface area contributed by atoms with Crippen molar-refractivity contribution in [1.82, 2.24) is 14.9 Å². The summed E-state index contributed by atoms with van der Waals surface area (Å²) in [6, 6.07) is 2.18. The molecular weight excluding hydrogens is 442 g/mol. The summed E-state index contributed by atoms with van der Waals surface area (Å²) in [4.78, 5) is 29.8. The number of ether oxygens (including phenoxy) is 2. The van der Waals surface area contributed by atoms with Crippen molar-refractivity contribution in [3.8, 4) is 5.19 Å². The second-order valence-corrected chi connectivity index (χ2v) is 8.18. The molecule has 30 heavy (non-hydrogen) atoms. The SMILES string of the molecule is COC(=O)c1nc(OC2CN(C(=O)N3N=CC[C@H]3c3cc(F)cc(F)c3)C2)sc1Cl. The minimum absolute atomic E-state index is 0.0250. The first-order valence-corrected chi connectivity index (χ1v) is 10.0. The molecule has 8 nitrogen and oxygen atoms in total. The average Bonchev–Trinajstić information content (AvgIpc) is 3.29. The lowest BCUT2D eigenvalue weighted by molar-refractivity contribution is 0.0273. The van der Waals surface area contributed by atoms with Gasteiger partial charge in [0.05, 0.1) is 26.2 Å². The van der Waals surface area contributed by atoms with Gasteiger partial charge in [0.1, 0.15) is 22.1 Å². The number of esters is 1. The van der Waals surface area contributed by atoms with Crippen molar-refractivity contribution in [1.29, 1.82) is 0 Å². The standard InChI is InChI=1S/C18H15ClF2N4O4S/c1-28-16(26)14-15(19)30-17(23-14)29-12-7-24(8-12)18(27)25-13(2-3-22-25)9-4-10(20)6-11(21)5-9/h3-6,12-13H,2,7-8H2,1H3/t13-/m0/s1. The lowest BCUT2D eigenvalue weighted by Crippen LogP contribution is -2.58. The van der Waals surface area contributed by atoms with E-state index in [1.165, 1.54) is 35.4 Å². The summed E-state index contributed by atoms with van der Waals surface area (Å²) >= 11 is 6.95. The number of carbonyl (C=O) groups is 2.